The van der Waals surface area contributed by atoms with Crippen molar-refractivity contribution in [2.24, 2.45) is 17.4 Å². The highest BCUT2D eigenvalue weighted by molar-refractivity contribution is 6.08. The zero-order valence-corrected chi connectivity index (χ0v) is 51.1. The van der Waals surface area contributed by atoms with E-state index in [1.54, 1.807) is 0 Å². The molecule has 8 rings (SSSR count). The molecule has 0 bridgehead atoms. The number of carbonyl (C=O) groups excluding carboxylic acids is 8. The van der Waals surface area contributed by atoms with Crippen molar-refractivity contribution in [3.05, 3.63) is 0 Å². The molecule has 0 spiro atoms. The summed E-state index contributed by atoms with van der Waals surface area (Å²) in [6, 6.07) is -5.68. The maximum absolute atomic E-state index is 13.3. The number of aliphatic hydroxyl groups excluding tert-OH is 6. The lowest BCUT2D eigenvalue weighted by Crippen LogP contribution is -2.64. The smallest absolute Gasteiger partial charge is 0.326 e. The Balaban J connectivity index is 1.02. The topological polar surface area (TPSA) is 482 Å². The van der Waals surface area contributed by atoms with E-state index in [-0.39, 0.29) is 25.9 Å². The first-order valence-corrected chi connectivity index (χ1v) is 29.1. The molecule has 89 heavy (non-hydrogen) atoms. The Bertz CT molecular complexity index is 2610. The lowest BCUT2D eigenvalue weighted by Gasteiger charge is -2.48. The third-order valence-corrected chi connectivity index (χ3v) is 17.2. The van der Waals surface area contributed by atoms with E-state index < -0.39 is 239 Å². The van der Waals surface area contributed by atoms with Gasteiger partial charge in [0.1, 0.15) is 92.5 Å². The highest BCUT2D eigenvalue weighted by atomic mass is 16.8. The van der Waals surface area contributed by atoms with Crippen LogP contribution < -0.4 is 32.7 Å². The summed E-state index contributed by atoms with van der Waals surface area (Å²) in [6.45, 7) is 7.61. The summed E-state index contributed by atoms with van der Waals surface area (Å²) in [5, 5.41) is 79.4. The van der Waals surface area contributed by atoms with Crippen LogP contribution in [0.15, 0.2) is 0 Å². The Morgan fingerprint density at radius 1 is 0.461 bits per heavy atom. The average Bonchev–Trinajstić information content (AvgIpc) is 2.26. The van der Waals surface area contributed by atoms with Gasteiger partial charge in [-0.3, -0.25) is 19.2 Å². The molecule has 20 atom stereocenters. The number of hydrogen-bond acceptors (Lipinski definition) is 28. The number of rotatable bonds is 26. The van der Waals surface area contributed by atoms with Crippen LogP contribution in [0.3, 0.4) is 0 Å². The van der Waals surface area contributed by atoms with E-state index in [1.807, 2.05) is 0 Å². The second-order valence-electron chi connectivity index (χ2n) is 25.3. The molecule has 8 fully saturated rings. The molecule has 14 N–H and O–H groups in total. The lowest BCUT2D eigenvalue weighted by atomic mass is 9.85. The maximum Gasteiger partial charge on any atom is 0.326 e. The summed E-state index contributed by atoms with van der Waals surface area (Å²) in [4.78, 5) is 106. The van der Waals surface area contributed by atoms with E-state index in [1.165, 1.54) is 69.6 Å². The second-order valence-corrected chi connectivity index (χ2v) is 25.3. The van der Waals surface area contributed by atoms with Crippen molar-refractivity contribution < 1.29 is 126 Å². The van der Waals surface area contributed by atoms with Crippen molar-refractivity contribution in [1.82, 2.24) is 40.9 Å². The number of imide groups is 4. The lowest BCUT2D eigenvalue weighted by molar-refractivity contribution is -0.360. The van der Waals surface area contributed by atoms with Gasteiger partial charge in [0.2, 0.25) is 0 Å². The van der Waals surface area contributed by atoms with Crippen molar-refractivity contribution in [2.45, 2.75) is 213 Å². The number of aliphatic hydroxyl groups is 6. The molecular formula is C53H86N10O26. The largest absolute Gasteiger partial charge is 0.390 e. The van der Waals surface area contributed by atoms with Crippen LogP contribution in [0, 0.1) is 5.92 Å². The van der Waals surface area contributed by atoms with E-state index >= 15 is 0 Å². The van der Waals surface area contributed by atoms with E-state index in [9.17, 15) is 69.0 Å². The molecule has 0 radical (unpaired) electrons. The Labute approximate surface area is 511 Å². The predicted octanol–water partition coefficient (Wildman–Crippen LogP) is -5.82. The molecule has 6 aliphatic heterocycles. The van der Waals surface area contributed by atoms with Gasteiger partial charge in [0, 0.05) is 39.6 Å². The SMILES string of the molecule is COC1OC(COCOC2C[C@@H](OCN3C(=O)NC(C)(C)C3=O)[C@@H](O)C(N)[C@@H]2O)C(OC2OC(COCN3C(=O)NC(C)(C)C3=O)C(OC)C(O)C2CCOC2C[C@H](OCN3C(=O)NC(C)(C)C3=O)[C@@H](O)C(N)[C@@H]2O)C(O)C1OCN1C(=O)NC(C)(C)C1=O. The summed E-state index contributed by atoms with van der Waals surface area (Å²) in [6.07, 6.45) is -24.9. The quantitative estimate of drug-likeness (QED) is 0.0218. The van der Waals surface area contributed by atoms with Gasteiger partial charge in [-0.05, 0) is 61.8 Å². The van der Waals surface area contributed by atoms with Gasteiger partial charge in [-0.2, -0.15) is 0 Å². The van der Waals surface area contributed by atoms with E-state index in [4.69, 9.17) is 68.3 Å². The molecule has 36 nitrogen and oxygen atoms in total. The molecule has 2 aliphatic carbocycles. The summed E-state index contributed by atoms with van der Waals surface area (Å²) < 4.78 is 72.6. The number of nitrogens with one attached hydrogen (secondary N) is 4. The molecule has 8 aliphatic rings. The van der Waals surface area contributed by atoms with Crippen LogP contribution in [-0.4, -0.2) is 304 Å². The zero-order chi connectivity index (χ0) is 65.6. The first-order chi connectivity index (χ1) is 41.7. The van der Waals surface area contributed by atoms with Crippen molar-refractivity contribution in [1.29, 1.82) is 0 Å². The molecular weight excluding hydrogens is 1190 g/mol. The zero-order valence-electron chi connectivity index (χ0n) is 51.1. The molecule has 0 aromatic rings. The van der Waals surface area contributed by atoms with Crippen LogP contribution in [0.1, 0.15) is 74.7 Å². The third kappa shape index (κ3) is 14.6. The van der Waals surface area contributed by atoms with Gasteiger partial charge in [-0.25, -0.2) is 38.8 Å². The standard InChI is InChI=1S/C53H86N10O26/c1-50(2)42(70)60(46(74)56-50)17-80-15-27-37(78-9)31(64)22(11-12-82-23-13-24(33(66)29(54)32(23)65)83-18-61-43(71)51(3,4)57-47(61)75)40(87-27)89-38-28(88-41(79-10)39(36(38)69)85-20-63-45(73)53(7,8)59-49(63)77)16-81-21-86-26-14-25(34(67)30(55)35(26)68)84-19-62-44(72)52(5,6)58-48(62)76/h22-41,64-69H,11-21,54-55H2,1-10H3,(H,56,74)(H,57,75)(H,58,76)(H,59,77)/t22?,23?,24-,25+,26?,27?,28?,29?,30?,31?,32+,33+,34+,35+,36?,37?,38?,39?,40?,41?/m0/s1. The minimum atomic E-state index is -1.85. The van der Waals surface area contributed by atoms with Gasteiger partial charge < -0.3 is 120 Å². The summed E-state index contributed by atoms with van der Waals surface area (Å²) in [7, 11) is 2.48. The minimum absolute atomic E-state index is 0.201. The second kappa shape index (κ2) is 27.7. The maximum atomic E-state index is 13.3. The van der Waals surface area contributed by atoms with E-state index in [0.717, 1.165) is 19.6 Å². The molecule has 6 heterocycles. The monoisotopic (exact) mass is 1280 g/mol. The fourth-order valence-electron chi connectivity index (χ4n) is 11.8. The number of amides is 12. The first-order valence-electron chi connectivity index (χ1n) is 29.1. The Hall–Kier alpha value is -5.04. The molecule has 2 saturated carbocycles. The number of methoxy groups -OCH3 is 2. The number of hydrogen-bond donors (Lipinski definition) is 12. The van der Waals surface area contributed by atoms with Gasteiger partial charge in [0.25, 0.3) is 23.6 Å². The fourth-order valence-corrected chi connectivity index (χ4v) is 11.8. The number of ether oxygens (including phenoxy) is 12. The number of carbonyl (C=O) groups is 8. The Kier molecular flexibility index (Phi) is 21.7. The number of nitrogens with two attached hydrogens (primary N) is 2. The van der Waals surface area contributed by atoms with Crippen LogP contribution in [0.5, 0.6) is 0 Å². The highest BCUT2D eigenvalue weighted by Gasteiger charge is 2.55. The molecule has 36 heteroatoms. The average molecular weight is 1280 g/mol. The van der Waals surface area contributed by atoms with Crippen molar-refractivity contribution in [3.63, 3.8) is 0 Å². The van der Waals surface area contributed by atoms with Crippen molar-refractivity contribution in [2.75, 3.05) is 67.8 Å². The van der Waals surface area contributed by atoms with E-state index in [0.29, 0.717) is 0 Å². The van der Waals surface area contributed by atoms with Crippen LogP contribution in [0.4, 0.5) is 19.2 Å². The van der Waals surface area contributed by atoms with Gasteiger partial charge in [-0.1, -0.05) is 0 Å². The third-order valence-electron chi connectivity index (χ3n) is 17.2. The van der Waals surface area contributed by atoms with Crippen LogP contribution >= 0.6 is 0 Å². The number of nitrogens with zero attached hydrogens (tertiary/aromatic N) is 4. The molecule has 6 saturated heterocycles. The summed E-state index contributed by atoms with van der Waals surface area (Å²) >= 11 is 0. The molecule has 504 valence electrons. The van der Waals surface area contributed by atoms with Crippen LogP contribution in [-0.2, 0) is 76.0 Å². The first kappa shape index (κ1) is 69.8. The Morgan fingerprint density at radius 2 is 0.843 bits per heavy atom. The summed E-state index contributed by atoms with van der Waals surface area (Å²) in [5.41, 5.74) is 7.46. The van der Waals surface area contributed by atoms with Crippen molar-refractivity contribution in [3.8, 4) is 0 Å². The number of urea groups is 4. The van der Waals surface area contributed by atoms with Crippen LogP contribution in [0.2, 0.25) is 0 Å². The normalized spacial score (nSPS) is 38.6. The van der Waals surface area contributed by atoms with Crippen LogP contribution in [0.25, 0.3) is 0 Å². The minimum Gasteiger partial charge on any atom is -0.390 e. The molecule has 12 amide bonds. The van der Waals surface area contributed by atoms with Gasteiger partial charge in [0.15, 0.2) is 12.6 Å². The molecule has 14 unspecified atom stereocenters. The summed E-state index contributed by atoms with van der Waals surface area (Å²) in [5.74, 6) is -3.64. The predicted molar refractivity (Wildman–Crippen MR) is 293 cm³/mol. The van der Waals surface area contributed by atoms with Gasteiger partial charge >= 0.3 is 24.1 Å². The highest BCUT2D eigenvalue weighted by Crippen LogP contribution is 2.37. The molecule has 0 aromatic heterocycles. The fraction of sp³-hybridized carbons (Fsp3) is 0.849. The van der Waals surface area contributed by atoms with Gasteiger partial charge in [0.05, 0.1) is 80.2 Å². The van der Waals surface area contributed by atoms with E-state index in [2.05, 4.69) is 21.3 Å². The van der Waals surface area contributed by atoms with Crippen molar-refractivity contribution >= 4 is 47.8 Å². The van der Waals surface area contributed by atoms with Gasteiger partial charge in [-0.15, -0.1) is 0 Å². The molecule has 0 aromatic carbocycles. The Morgan fingerprint density at radius 3 is 1.26 bits per heavy atom.